The van der Waals surface area contributed by atoms with E-state index in [9.17, 15) is 0 Å². The fourth-order valence-electron chi connectivity index (χ4n) is 2.78. The molecule has 15 heavy (non-hydrogen) atoms. The monoisotopic (exact) mass is 209 g/mol. The van der Waals surface area contributed by atoms with Crippen LogP contribution in [0.5, 0.6) is 0 Å². The van der Waals surface area contributed by atoms with Gasteiger partial charge in [0.2, 0.25) is 0 Å². The van der Waals surface area contributed by atoms with Crippen molar-refractivity contribution in [2.45, 2.75) is 32.6 Å². The van der Waals surface area contributed by atoms with Gasteiger partial charge in [-0.25, -0.2) is 0 Å². The molecule has 0 aromatic carbocycles. The predicted octanol–water partition coefficient (Wildman–Crippen LogP) is 1.79. The lowest BCUT2D eigenvalue weighted by atomic mass is 9.96. The third-order valence-corrected chi connectivity index (χ3v) is 3.80. The summed E-state index contributed by atoms with van der Waals surface area (Å²) >= 11 is 0. The summed E-state index contributed by atoms with van der Waals surface area (Å²) in [6.07, 6.45) is 5.37. The van der Waals surface area contributed by atoms with Crippen LogP contribution < -0.4 is 0 Å². The third-order valence-electron chi connectivity index (χ3n) is 3.80. The number of likely N-dealkylation sites (tertiary alicyclic amines) is 2. The highest BCUT2D eigenvalue weighted by molar-refractivity contribution is 5.76. The summed E-state index contributed by atoms with van der Waals surface area (Å²) in [6.45, 7) is 8.07. The Balaban J connectivity index is 1.71. The first-order valence-corrected chi connectivity index (χ1v) is 6.28. The summed E-state index contributed by atoms with van der Waals surface area (Å²) < 4.78 is 0. The Labute approximate surface area is 92.9 Å². The molecule has 0 unspecified atom stereocenters. The van der Waals surface area contributed by atoms with E-state index < -0.39 is 0 Å². The van der Waals surface area contributed by atoms with Crippen LogP contribution in [-0.2, 0) is 0 Å². The zero-order chi connectivity index (χ0) is 10.7. The molecule has 3 nitrogen and oxygen atoms in total. The van der Waals surface area contributed by atoms with E-state index in [1.54, 1.807) is 0 Å². The highest BCUT2D eigenvalue weighted by Gasteiger charge is 2.22. The Morgan fingerprint density at radius 3 is 2.27 bits per heavy atom. The number of amidine groups is 1. The van der Waals surface area contributed by atoms with Crippen LogP contribution in [0.25, 0.3) is 0 Å². The molecular weight excluding hydrogens is 186 g/mol. The first-order valence-electron chi connectivity index (χ1n) is 6.28. The molecule has 2 rings (SSSR count). The average Bonchev–Trinajstić information content (AvgIpc) is 2.71. The van der Waals surface area contributed by atoms with Crippen molar-refractivity contribution in [2.75, 3.05) is 32.7 Å². The molecule has 86 valence electrons. The number of nitrogens with one attached hydrogen (secondary N) is 1. The topological polar surface area (TPSA) is 30.3 Å². The normalized spacial score (nSPS) is 24.7. The molecule has 3 heteroatoms. The van der Waals surface area contributed by atoms with Gasteiger partial charge in [0.05, 0.1) is 5.84 Å². The van der Waals surface area contributed by atoms with Crippen LogP contribution in [-0.4, -0.2) is 48.4 Å². The molecule has 0 bridgehead atoms. The van der Waals surface area contributed by atoms with Gasteiger partial charge in [0.25, 0.3) is 0 Å². The maximum absolute atomic E-state index is 7.59. The highest BCUT2D eigenvalue weighted by atomic mass is 15.2. The Morgan fingerprint density at radius 1 is 1.13 bits per heavy atom. The van der Waals surface area contributed by atoms with Crippen molar-refractivity contribution < 1.29 is 0 Å². The lowest BCUT2D eigenvalue weighted by Gasteiger charge is -2.34. The summed E-state index contributed by atoms with van der Waals surface area (Å²) in [5.41, 5.74) is 0. The van der Waals surface area contributed by atoms with Crippen LogP contribution in [0.1, 0.15) is 32.6 Å². The fourth-order valence-corrected chi connectivity index (χ4v) is 2.78. The van der Waals surface area contributed by atoms with Crippen molar-refractivity contribution in [1.29, 1.82) is 5.41 Å². The third kappa shape index (κ3) is 2.94. The molecule has 0 aliphatic carbocycles. The molecular formula is C12H23N3. The van der Waals surface area contributed by atoms with Crippen LogP contribution in [0.15, 0.2) is 0 Å². The maximum atomic E-state index is 7.59. The lowest BCUT2D eigenvalue weighted by molar-refractivity contribution is 0.200. The van der Waals surface area contributed by atoms with Crippen molar-refractivity contribution in [3.8, 4) is 0 Å². The molecule has 0 atom stereocenters. The maximum Gasteiger partial charge on any atom is 0.0925 e. The Kier molecular flexibility index (Phi) is 3.62. The number of rotatable bonds is 2. The standard InChI is InChI=1S/C12H23N3/c1-11(13)15-8-4-12(5-9-15)10-14-6-2-3-7-14/h12-13H,2-10H2,1H3. The van der Waals surface area contributed by atoms with Crippen molar-refractivity contribution >= 4 is 5.84 Å². The van der Waals surface area contributed by atoms with Crippen molar-refractivity contribution in [3.05, 3.63) is 0 Å². The molecule has 2 fully saturated rings. The van der Waals surface area contributed by atoms with Crippen molar-refractivity contribution in [1.82, 2.24) is 9.80 Å². The Hall–Kier alpha value is -0.570. The van der Waals surface area contributed by atoms with Crippen LogP contribution in [0.4, 0.5) is 0 Å². The van der Waals surface area contributed by atoms with E-state index in [4.69, 9.17) is 5.41 Å². The van der Waals surface area contributed by atoms with Crippen LogP contribution >= 0.6 is 0 Å². The molecule has 0 radical (unpaired) electrons. The molecule has 1 N–H and O–H groups in total. The zero-order valence-corrected chi connectivity index (χ0v) is 9.84. The molecule has 0 amide bonds. The smallest absolute Gasteiger partial charge is 0.0925 e. The van der Waals surface area contributed by atoms with Crippen LogP contribution in [0.2, 0.25) is 0 Å². The van der Waals surface area contributed by atoms with Gasteiger partial charge >= 0.3 is 0 Å². The summed E-state index contributed by atoms with van der Waals surface area (Å²) in [6, 6.07) is 0. The minimum Gasteiger partial charge on any atom is -0.361 e. The number of piperidine rings is 1. The van der Waals surface area contributed by atoms with Crippen molar-refractivity contribution in [2.24, 2.45) is 5.92 Å². The summed E-state index contributed by atoms with van der Waals surface area (Å²) in [7, 11) is 0. The second-order valence-corrected chi connectivity index (χ2v) is 5.02. The van der Waals surface area contributed by atoms with Gasteiger partial charge in [-0.05, 0) is 51.6 Å². The SMILES string of the molecule is CC(=N)N1CCC(CN2CCCC2)CC1. The van der Waals surface area contributed by atoms with Gasteiger partial charge in [0, 0.05) is 19.6 Å². The van der Waals surface area contributed by atoms with Gasteiger partial charge in [0.15, 0.2) is 0 Å². The lowest BCUT2D eigenvalue weighted by Crippen LogP contribution is -2.40. The molecule has 2 saturated heterocycles. The molecule has 0 aromatic rings. The van der Waals surface area contributed by atoms with Gasteiger partial charge in [-0.1, -0.05) is 0 Å². The van der Waals surface area contributed by atoms with E-state index in [1.807, 2.05) is 6.92 Å². The van der Waals surface area contributed by atoms with E-state index in [-0.39, 0.29) is 0 Å². The first kappa shape index (κ1) is 10.9. The molecule has 2 heterocycles. The fraction of sp³-hybridized carbons (Fsp3) is 0.917. The Morgan fingerprint density at radius 2 is 1.73 bits per heavy atom. The largest absolute Gasteiger partial charge is 0.361 e. The molecule has 0 spiro atoms. The molecule has 2 aliphatic rings. The number of hydrogen-bond acceptors (Lipinski definition) is 2. The second kappa shape index (κ2) is 4.97. The van der Waals surface area contributed by atoms with Gasteiger partial charge in [-0.2, -0.15) is 0 Å². The minimum absolute atomic E-state index is 0.745. The second-order valence-electron chi connectivity index (χ2n) is 5.02. The Bertz CT molecular complexity index is 213. The van der Waals surface area contributed by atoms with Crippen LogP contribution in [0.3, 0.4) is 0 Å². The average molecular weight is 209 g/mol. The van der Waals surface area contributed by atoms with Gasteiger partial charge < -0.3 is 9.80 Å². The quantitative estimate of drug-likeness (QED) is 0.555. The highest BCUT2D eigenvalue weighted by Crippen LogP contribution is 2.20. The van der Waals surface area contributed by atoms with Gasteiger partial charge in [-0.3, -0.25) is 5.41 Å². The first-order chi connectivity index (χ1) is 7.25. The van der Waals surface area contributed by atoms with Gasteiger partial charge in [-0.15, -0.1) is 0 Å². The van der Waals surface area contributed by atoms with Crippen molar-refractivity contribution in [3.63, 3.8) is 0 Å². The summed E-state index contributed by atoms with van der Waals surface area (Å²) in [4.78, 5) is 4.83. The molecule has 0 aromatic heterocycles. The zero-order valence-electron chi connectivity index (χ0n) is 9.84. The predicted molar refractivity (Wildman–Crippen MR) is 63.4 cm³/mol. The van der Waals surface area contributed by atoms with Gasteiger partial charge in [0.1, 0.15) is 0 Å². The minimum atomic E-state index is 0.745. The van der Waals surface area contributed by atoms with E-state index in [0.717, 1.165) is 24.8 Å². The summed E-state index contributed by atoms with van der Waals surface area (Å²) in [5, 5.41) is 7.59. The van der Waals surface area contributed by atoms with E-state index >= 15 is 0 Å². The number of nitrogens with zero attached hydrogens (tertiary/aromatic N) is 2. The van der Waals surface area contributed by atoms with E-state index in [2.05, 4.69) is 9.80 Å². The number of hydrogen-bond donors (Lipinski definition) is 1. The summed E-state index contributed by atoms with van der Waals surface area (Å²) in [5.74, 6) is 1.63. The molecule has 0 saturated carbocycles. The van der Waals surface area contributed by atoms with E-state index in [0.29, 0.717) is 0 Å². The molecule has 2 aliphatic heterocycles. The van der Waals surface area contributed by atoms with Crippen LogP contribution in [0, 0.1) is 11.3 Å². The van der Waals surface area contributed by atoms with E-state index in [1.165, 1.54) is 45.3 Å².